The van der Waals surface area contributed by atoms with Gasteiger partial charge in [0.1, 0.15) is 17.6 Å². The van der Waals surface area contributed by atoms with Gasteiger partial charge in [0.2, 0.25) is 0 Å². The van der Waals surface area contributed by atoms with Crippen LogP contribution in [0.4, 0.5) is 0 Å². The van der Waals surface area contributed by atoms with E-state index in [1.165, 1.54) is 0 Å². The summed E-state index contributed by atoms with van der Waals surface area (Å²) in [5.41, 5.74) is 2.02. The summed E-state index contributed by atoms with van der Waals surface area (Å²) in [4.78, 5) is 8.93. The zero-order valence-electron chi connectivity index (χ0n) is 16.1. The van der Waals surface area contributed by atoms with E-state index in [-0.39, 0.29) is 12.1 Å². The first kappa shape index (κ1) is 18.7. The summed E-state index contributed by atoms with van der Waals surface area (Å²) in [6.45, 7) is 1.72. The van der Waals surface area contributed by atoms with Crippen molar-refractivity contribution in [1.82, 2.24) is 20.1 Å². The summed E-state index contributed by atoms with van der Waals surface area (Å²) >= 11 is 5.67. The summed E-state index contributed by atoms with van der Waals surface area (Å²) in [5, 5.41) is 4.19. The van der Waals surface area contributed by atoms with Gasteiger partial charge in [0.15, 0.2) is 5.11 Å². The Kier molecular flexibility index (Phi) is 5.41. The number of aromatic nitrogens is 1. The molecule has 1 aliphatic rings. The first-order valence-corrected chi connectivity index (χ1v) is 9.82. The van der Waals surface area contributed by atoms with Crippen LogP contribution in [0.2, 0.25) is 0 Å². The van der Waals surface area contributed by atoms with Crippen LogP contribution >= 0.6 is 12.2 Å². The minimum Gasteiger partial charge on any atom is -0.459 e. The highest BCUT2D eigenvalue weighted by Gasteiger charge is 2.41. The Bertz CT molecular complexity index is 926. The molecule has 0 bridgehead atoms. The van der Waals surface area contributed by atoms with E-state index < -0.39 is 0 Å². The average molecular weight is 393 g/mol. The van der Waals surface area contributed by atoms with Crippen LogP contribution in [0.3, 0.4) is 0 Å². The van der Waals surface area contributed by atoms with Crippen LogP contribution in [0, 0.1) is 0 Å². The molecule has 5 nitrogen and oxygen atoms in total. The number of thiocarbonyl (C=S) groups is 1. The van der Waals surface area contributed by atoms with Gasteiger partial charge >= 0.3 is 0 Å². The standard InChI is InChI=1S/C22H24N4OS/c1-25(2)14-15-26-21(20(24-22(26)28)17-10-6-7-13-23-17)19-12-11-18(27-19)16-8-4-3-5-9-16/h3-13,20-21H,14-15H2,1-2H3,(H,24,28)/t20-,21-/m0/s1. The van der Waals surface area contributed by atoms with E-state index >= 15 is 0 Å². The quantitative estimate of drug-likeness (QED) is 0.643. The molecule has 3 aromatic rings. The van der Waals surface area contributed by atoms with Gasteiger partial charge in [-0.2, -0.15) is 0 Å². The van der Waals surface area contributed by atoms with Gasteiger partial charge < -0.3 is 19.5 Å². The predicted molar refractivity (Wildman–Crippen MR) is 115 cm³/mol. The second-order valence-electron chi connectivity index (χ2n) is 7.19. The van der Waals surface area contributed by atoms with Crippen molar-refractivity contribution in [3.63, 3.8) is 0 Å². The van der Waals surface area contributed by atoms with Gasteiger partial charge in [0, 0.05) is 24.8 Å². The molecule has 144 valence electrons. The van der Waals surface area contributed by atoms with Gasteiger partial charge in [-0.05, 0) is 50.6 Å². The molecule has 2 atom stereocenters. The van der Waals surface area contributed by atoms with Gasteiger partial charge in [-0.3, -0.25) is 4.98 Å². The van der Waals surface area contributed by atoms with Crippen LogP contribution in [-0.2, 0) is 0 Å². The molecular weight excluding hydrogens is 368 g/mol. The highest BCUT2D eigenvalue weighted by molar-refractivity contribution is 7.80. The number of nitrogens with zero attached hydrogens (tertiary/aromatic N) is 3. The molecule has 1 aromatic carbocycles. The Morgan fingerprint density at radius 3 is 2.57 bits per heavy atom. The number of furan rings is 1. The fraction of sp³-hybridized carbons (Fsp3) is 0.273. The maximum atomic E-state index is 6.31. The van der Waals surface area contributed by atoms with Crippen LogP contribution in [0.5, 0.6) is 0 Å². The number of benzene rings is 1. The van der Waals surface area contributed by atoms with Gasteiger partial charge in [-0.1, -0.05) is 36.4 Å². The second kappa shape index (κ2) is 8.12. The first-order valence-electron chi connectivity index (χ1n) is 9.41. The maximum Gasteiger partial charge on any atom is 0.170 e. The van der Waals surface area contributed by atoms with Crippen molar-refractivity contribution in [2.75, 3.05) is 27.2 Å². The van der Waals surface area contributed by atoms with E-state index in [2.05, 4.69) is 52.4 Å². The average Bonchev–Trinajstić information content (AvgIpc) is 3.32. The van der Waals surface area contributed by atoms with Gasteiger partial charge in [-0.25, -0.2) is 0 Å². The fourth-order valence-electron chi connectivity index (χ4n) is 3.53. The van der Waals surface area contributed by atoms with E-state index in [0.717, 1.165) is 41.0 Å². The van der Waals surface area contributed by atoms with Crippen molar-refractivity contribution in [2.45, 2.75) is 12.1 Å². The highest BCUT2D eigenvalue weighted by Crippen LogP contribution is 2.40. The van der Waals surface area contributed by atoms with E-state index in [9.17, 15) is 0 Å². The molecule has 1 fully saturated rings. The summed E-state index contributed by atoms with van der Waals surface area (Å²) in [7, 11) is 4.14. The third-order valence-corrected chi connectivity index (χ3v) is 5.31. The summed E-state index contributed by atoms with van der Waals surface area (Å²) in [6.07, 6.45) is 1.82. The van der Waals surface area contributed by atoms with Crippen LogP contribution in [-0.4, -0.2) is 47.1 Å². The van der Waals surface area contributed by atoms with Crippen molar-refractivity contribution < 1.29 is 4.42 Å². The summed E-state index contributed by atoms with van der Waals surface area (Å²) in [5.74, 6) is 1.75. The number of nitrogens with one attached hydrogen (secondary N) is 1. The molecule has 1 saturated heterocycles. The largest absolute Gasteiger partial charge is 0.459 e. The van der Waals surface area contributed by atoms with E-state index in [4.69, 9.17) is 16.6 Å². The lowest BCUT2D eigenvalue weighted by Crippen LogP contribution is -2.35. The lowest BCUT2D eigenvalue weighted by atomic mass is 10.0. The molecule has 6 heteroatoms. The number of rotatable bonds is 6. The van der Waals surface area contributed by atoms with Crippen LogP contribution in [0.25, 0.3) is 11.3 Å². The molecular formula is C22H24N4OS. The minimum absolute atomic E-state index is 0.0418. The Labute approximate surface area is 171 Å². The Morgan fingerprint density at radius 2 is 1.86 bits per heavy atom. The minimum atomic E-state index is -0.0503. The molecule has 0 spiro atoms. The van der Waals surface area contributed by atoms with Crippen LogP contribution < -0.4 is 5.32 Å². The topological polar surface area (TPSA) is 44.5 Å². The number of hydrogen-bond donors (Lipinski definition) is 1. The molecule has 0 aliphatic carbocycles. The zero-order valence-corrected chi connectivity index (χ0v) is 16.9. The van der Waals surface area contributed by atoms with Gasteiger partial charge in [-0.15, -0.1) is 0 Å². The Balaban J connectivity index is 1.70. The first-order chi connectivity index (χ1) is 13.6. The van der Waals surface area contributed by atoms with Crippen molar-refractivity contribution >= 4 is 17.3 Å². The number of pyridine rings is 1. The molecule has 0 amide bonds. The van der Waals surface area contributed by atoms with Crippen molar-refractivity contribution in [1.29, 1.82) is 0 Å². The number of likely N-dealkylation sites (N-methyl/N-ethyl adjacent to an activating group) is 1. The summed E-state index contributed by atoms with van der Waals surface area (Å²) < 4.78 is 6.31. The molecule has 3 heterocycles. The third-order valence-electron chi connectivity index (χ3n) is 4.96. The molecule has 1 N–H and O–H groups in total. The van der Waals surface area contributed by atoms with Crippen molar-refractivity contribution in [3.05, 3.63) is 78.3 Å². The van der Waals surface area contributed by atoms with E-state index in [1.54, 1.807) is 0 Å². The Morgan fingerprint density at radius 1 is 1.07 bits per heavy atom. The van der Waals surface area contributed by atoms with Crippen molar-refractivity contribution in [2.24, 2.45) is 0 Å². The van der Waals surface area contributed by atoms with Gasteiger partial charge in [0.25, 0.3) is 0 Å². The smallest absolute Gasteiger partial charge is 0.170 e. The second-order valence-corrected chi connectivity index (χ2v) is 7.58. The van der Waals surface area contributed by atoms with Crippen LogP contribution in [0.15, 0.2) is 71.3 Å². The summed E-state index contributed by atoms with van der Waals surface area (Å²) in [6, 6.07) is 20.1. The van der Waals surface area contributed by atoms with Crippen molar-refractivity contribution in [3.8, 4) is 11.3 Å². The lowest BCUT2D eigenvalue weighted by molar-refractivity contribution is 0.250. The van der Waals surface area contributed by atoms with E-state index in [0.29, 0.717) is 0 Å². The monoisotopic (exact) mass is 392 g/mol. The van der Waals surface area contributed by atoms with Crippen LogP contribution in [0.1, 0.15) is 23.5 Å². The molecule has 4 rings (SSSR count). The zero-order chi connectivity index (χ0) is 19.5. The molecule has 28 heavy (non-hydrogen) atoms. The normalized spacial score (nSPS) is 19.2. The third kappa shape index (κ3) is 3.79. The molecule has 2 aromatic heterocycles. The molecule has 0 unspecified atom stereocenters. The predicted octanol–water partition coefficient (Wildman–Crippen LogP) is 3.88. The fourth-order valence-corrected chi connectivity index (χ4v) is 3.86. The van der Waals surface area contributed by atoms with E-state index in [1.807, 2.05) is 48.7 Å². The van der Waals surface area contributed by atoms with Gasteiger partial charge in [0.05, 0.1) is 11.7 Å². The molecule has 0 radical (unpaired) electrons. The highest BCUT2D eigenvalue weighted by atomic mass is 32.1. The number of hydrogen-bond acceptors (Lipinski definition) is 4. The Hall–Kier alpha value is -2.70. The maximum absolute atomic E-state index is 6.31. The SMILES string of the molecule is CN(C)CCN1C(=S)N[C@@H](c2ccccn2)[C@@H]1c1ccc(-c2ccccc2)o1. The molecule has 0 saturated carbocycles. The lowest BCUT2D eigenvalue weighted by Gasteiger charge is -2.27. The molecule has 1 aliphatic heterocycles.